The standard InChI is InChI=1S/C16H14N2O6S2/c17-25(20,21)13-5-6-15(16(19)9-13)18-12-3-1-10-2-4-14(26(22,23)24)8-11(10)7-12/h1-9,18-19H,(H2,17,20,21)(H,22,23,24). The van der Waals surface area contributed by atoms with Gasteiger partial charge >= 0.3 is 0 Å². The van der Waals surface area contributed by atoms with Crippen molar-refractivity contribution in [2.45, 2.75) is 9.79 Å². The molecule has 0 saturated heterocycles. The van der Waals surface area contributed by atoms with Crippen LogP contribution in [0.3, 0.4) is 0 Å². The van der Waals surface area contributed by atoms with Gasteiger partial charge in [0.2, 0.25) is 10.0 Å². The van der Waals surface area contributed by atoms with Crippen LogP contribution in [0.25, 0.3) is 10.8 Å². The highest BCUT2D eigenvalue weighted by atomic mass is 32.2. The van der Waals surface area contributed by atoms with Crippen LogP contribution in [0.4, 0.5) is 11.4 Å². The first-order valence-corrected chi connectivity index (χ1v) is 10.2. The van der Waals surface area contributed by atoms with Gasteiger partial charge in [0.15, 0.2) is 0 Å². The summed E-state index contributed by atoms with van der Waals surface area (Å²) in [6.45, 7) is 0. The van der Waals surface area contributed by atoms with E-state index < -0.39 is 20.1 Å². The molecule has 0 heterocycles. The number of phenolic OH excluding ortho intramolecular Hbond substituents is 1. The third kappa shape index (κ3) is 3.78. The summed E-state index contributed by atoms with van der Waals surface area (Å²) >= 11 is 0. The van der Waals surface area contributed by atoms with Crippen LogP contribution < -0.4 is 10.5 Å². The molecule has 0 aliphatic carbocycles. The van der Waals surface area contributed by atoms with E-state index in [-0.39, 0.29) is 21.2 Å². The minimum absolute atomic E-state index is 0.225. The third-order valence-corrected chi connectivity index (χ3v) is 5.45. The maximum Gasteiger partial charge on any atom is 0.294 e. The van der Waals surface area contributed by atoms with E-state index in [1.807, 2.05) is 0 Å². The fourth-order valence-electron chi connectivity index (χ4n) is 2.41. The van der Waals surface area contributed by atoms with E-state index in [1.54, 1.807) is 24.3 Å². The van der Waals surface area contributed by atoms with Crippen molar-refractivity contribution < 1.29 is 26.5 Å². The SMILES string of the molecule is NS(=O)(=O)c1ccc(Nc2ccc3ccc(S(=O)(=O)O)cc3c2)c(O)c1. The van der Waals surface area contributed by atoms with Crippen molar-refractivity contribution in [1.82, 2.24) is 0 Å². The van der Waals surface area contributed by atoms with Crippen LogP contribution in [-0.4, -0.2) is 26.5 Å². The van der Waals surface area contributed by atoms with Crippen LogP contribution in [0.15, 0.2) is 64.4 Å². The first-order chi connectivity index (χ1) is 12.0. The summed E-state index contributed by atoms with van der Waals surface area (Å²) in [5.74, 6) is -0.316. The number of hydrogen-bond acceptors (Lipinski definition) is 6. The van der Waals surface area contributed by atoms with E-state index in [0.29, 0.717) is 11.1 Å². The fraction of sp³-hybridized carbons (Fsp3) is 0. The molecule has 0 spiro atoms. The zero-order valence-electron chi connectivity index (χ0n) is 13.1. The molecule has 0 aromatic heterocycles. The highest BCUT2D eigenvalue weighted by Gasteiger charge is 2.12. The van der Waals surface area contributed by atoms with Gasteiger partial charge < -0.3 is 10.4 Å². The predicted octanol–water partition coefficient (Wildman–Crippen LogP) is 2.18. The minimum Gasteiger partial charge on any atom is -0.506 e. The quantitative estimate of drug-likeness (QED) is 0.392. The molecule has 3 rings (SSSR count). The molecule has 26 heavy (non-hydrogen) atoms. The molecule has 0 amide bonds. The van der Waals surface area contributed by atoms with Crippen molar-refractivity contribution in [3.8, 4) is 5.75 Å². The molecule has 136 valence electrons. The number of nitrogens with one attached hydrogen (secondary N) is 1. The number of hydrogen-bond donors (Lipinski definition) is 4. The topological polar surface area (TPSA) is 147 Å². The van der Waals surface area contributed by atoms with Crippen molar-refractivity contribution in [2.24, 2.45) is 5.14 Å². The lowest BCUT2D eigenvalue weighted by atomic mass is 10.1. The number of fused-ring (bicyclic) bond motifs is 1. The van der Waals surface area contributed by atoms with E-state index in [0.717, 1.165) is 11.5 Å². The summed E-state index contributed by atoms with van der Waals surface area (Å²) in [6.07, 6.45) is 0. The molecule has 0 radical (unpaired) electrons. The number of rotatable bonds is 4. The van der Waals surface area contributed by atoms with Gasteiger partial charge in [-0.2, -0.15) is 8.42 Å². The molecule has 0 unspecified atom stereocenters. The van der Waals surface area contributed by atoms with E-state index in [2.05, 4.69) is 5.32 Å². The van der Waals surface area contributed by atoms with E-state index >= 15 is 0 Å². The van der Waals surface area contributed by atoms with Crippen LogP contribution >= 0.6 is 0 Å². The average Bonchev–Trinajstić information content (AvgIpc) is 2.54. The molecule has 8 nitrogen and oxygen atoms in total. The van der Waals surface area contributed by atoms with Gasteiger partial charge in [0, 0.05) is 11.8 Å². The summed E-state index contributed by atoms with van der Waals surface area (Å²) < 4.78 is 54.2. The van der Waals surface area contributed by atoms with Gasteiger partial charge in [0.1, 0.15) is 5.75 Å². The Kier molecular flexibility index (Phi) is 4.36. The minimum atomic E-state index is -4.32. The van der Waals surface area contributed by atoms with E-state index in [9.17, 15) is 21.9 Å². The molecule has 0 bridgehead atoms. The normalized spacial score (nSPS) is 12.2. The van der Waals surface area contributed by atoms with Crippen molar-refractivity contribution in [2.75, 3.05) is 5.32 Å². The van der Waals surface area contributed by atoms with Gasteiger partial charge in [-0.15, -0.1) is 0 Å². The molecule has 3 aromatic rings. The van der Waals surface area contributed by atoms with Gasteiger partial charge in [-0.1, -0.05) is 12.1 Å². The summed E-state index contributed by atoms with van der Waals surface area (Å²) in [5, 5.41) is 19.2. The Balaban J connectivity index is 1.99. The summed E-state index contributed by atoms with van der Waals surface area (Å²) in [7, 11) is -8.25. The Labute approximate surface area is 149 Å². The molecule has 3 aromatic carbocycles. The molecular formula is C16H14N2O6S2. The Hall–Kier alpha value is -2.66. The lowest BCUT2D eigenvalue weighted by molar-refractivity contribution is 0.475. The number of phenols is 1. The van der Waals surface area contributed by atoms with Crippen molar-refractivity contribution in [3.05, 3.63) is 54.6 Å². The number of anilines is 2. The third-order valence-electron chi connectivity index (χ3n) is 3.69. The molecule has 0 fully saturated rings. The first-order valence-electron chi connectivity index (χ1n) is 7.18. The van der Waals surface area contributed by atoms with Gasteiger partial charge in [-0.25, -0.2) is 13.6 Å². The van der Waals surface area contributed by atoms with Crippen LogP contribution in [-0.2, 0) is 20.1 Å². The zero-order chi connectivity index (χ0) is 19.1. The predicted molar refractivity (Wildman–Crippen MR) is 96.5 cm³/mol. The lowest BCUT2D eigenvalue weighted by Gasteiger charge is -2.11. The van der Waals surface area contributed by atoms with Crippen molar-refractivity contribution in [1.29, 1.82) is 0 Å². The second-order valence-electron chi connectivity index (χ2n) is 5.55. The summed E-state index contributed by atoms with van der Waals surface area (Å²) in [4.78, 5) is -0.459. The number of primary sulfonamides is 1. The summed E-state index contributed by atoms with van der Waals surface area (Å²) in [6, 6.07) is 12.8. The molecule has 0 aliphatic heterocycles. The smallest absolute Gasteiger partial charge is 0.294 e. The number of sulfonamides is 1. The van der Waals surface area contributed by atoms with Crippen molar-refractivity contribution in [3.63, 3.8) is 0 Å². The highest BCUT2D eigenvalue weighted by molar-refractivity contribution is 7.89. The first kappa shape index (κ1) is 18.1. The second-order valence-corrected chi connectivity index (χ2v) is 8.53. The molecule has 10 heteroatoms. The van der Waals surface area contributed by atoms with Crippen LogP contribution in [0.1, 0.15) is 0 Å². The summed E-state index contributed by atoms with van der Waals surface area (Å²) in [5.41, 5.74) is 0.756. The Morgan fingerprint density at radius 2 is 1.46 bits per heavy atom. The molecular weight excluding hydrogens is 380 g/mol. The van der Waals surface area contributed by atoms with Crippen LogP contribution in [0, 0.1) is 0 Å². The van der Waals surface area contributed by atoms with Crippen LogP contribution in [0.2, 0.25) is 0 Å². The number of nitrogens with two attached hydrogens (primary N) is 1. The fourth-order valence-corrected chi connectivity index (χ4v) is 3.46. The maximum atomic E-state index is 11.3. The molecule has 0 saturated carbocycles. The second kappa shape index (κ2) is 6.25. The monoisotopic (exact) mass is 394 g/mol. The number of benzene rings is 3. The largest absolute Gasteiger partial charge is 0.506 e. The zero-order valence-corrected chi connectivity index (χ0v) is 14.8. The van der Waals surface area contributed by atoms with Crippen LogP contribution in [0.5, 0.6) is 5.75 Å². The molecule has 5 N–H and O–H groups in total. The van der Waals surface area contributed by atoms with Gasteiger partial charge in [0.25, 0.3) is 10.1 Å². The number of aromatic hydroxyl groups is 1. The Morgan fingerprint density at radius 1 is 0.808 bits per heavy atom. The van der Waals surface area contributed by atoms with Crippen molar-refractivity contribution >= 4 is 42.3 Å². The molecule has 0 aliphatic rings. The van der Waals surface area contributed by atoms with Gasteiger partial charge in [-0.05, 0) is 47.2 Å². The van der Waals surface area contributed by atoms with E-state index in [1.165, 1.54) is 24.3 Å². The Morgan fingerprint density at radius 3 is 2.08 bits per heavy atom. The Bertz CT molecular complexity index is 1220. The highest BCUT2D eigenvalue weighted by Crippen LogP contribution is 2.30. The van der Waals surface area contributed by atoms with Gasteiger partial charge in [0.05, 0.1) is 15.5 Å². The average molecular weight is 394 g/mol. The lowest BCUT2D eigenvalue weighted by Crippen LogP contribution is -2.11. The molecule has 0 atom stereocenters. The maximum absolute atomic E-state index is 11.3. The van der Waals surface area contributed by atoms with E-state index in [4.69, 9.17) is 9.69 Å². The van der Waals surface area contributed by atoms with Gasteiger partial charge in [-0.3, -0.25) is 4.55 Å².